The second-order valence-corrected chi connectivity index (χ2v) is 27.5. The van der Waals surface area contributed by atoms with Crippen LogP contribution in [0.25, 0.3) is 0 Å². The largest absolute Gasteiger partial charge is 0.756 e. The number of hydrogen-bond donors (Lipinski definition) is 1. The quantitative estimate of drug-likeness (QED) is 0.0212. The number of phosphoric acid groups is 1. The molecule has 0 rings (SSSR count). The summed E-state index contributed by atoms with van der Waals surface area (Å²) in [4.78, 5) is 40.2. The van der Waals surface area contributed by atoms with Gasteiger partial charge in [0.25, 0.3) is 7.82 Å². The van der Waals surface area contributed by atoms with Crippen molar-refractivity contribution in [1.29, 1.82) is 0 Å². The third kappa shape index (κ3) is 64.5. The minimum Gasteiger partial charge on any atom is -0.756 e. The van der Waals surface area contributed by atoms with Gasteiger partial charge in [-0.2, -0.15) is 0 Å². The Labute approximate surface area is 516 Å². The number of unbranched alkanes of at least 4 members (excludes halogenated alkanes) is 47. The molecule has 0 saturated carbocycles. The van der Waals surface area contributed by atoms with Gasteiger partial charge < -0.3 is 28.5 Å². The number of rotatable bonds is 67. The minimum absolute atomic E-state index is 0.0190. The zero-order valence-corrected chi connectivity index (χ0v) is 57.1. The summed E-state index contributed by atoms with van der Waals surface area (Å²) in [6, 6.07) is -0.884. The summed E-state index contributed by atoms with van der Waals surface area (Å²) in [7, 11) is 1.20. The fourth-order valence-corrected chi connectivity index (χ4v) is 11.7. The highest BCUT2D eigenvalue weighted by atomic mass is 31.2. The monoisotopic (exact) mass is 1190 g/mol. The second kappa shape index (κ2) is 63.3. The first-order valence-electron chi connectivity index (χ1n) is 36.3. The average Bonchev–Trinajstić information content (AvgIpc) is 3.51. The van der Waals surface area contributed by atoms with Crippen molar-refractivity contribution < 1.29 is 37.3 Å². The molecule has 0 aromatic carbocycles. The lowest BCUT2D eigenvalue weighted by molar-refractivity contribution is -0.870. The van der Waals surface area contributed by atoms with E-state index in [0.717, 1.165) is 64.2 Å². The Bertz CT molecular complexity index is 1510. The summed E-state index contributed by atoms with van der Waals surface area (Å²) >= 11 is 0. The lowest BCUT2D eigenvalue weighted by atomic mass is 10.0. The van der Waals surface area contributed by atoms with E-state index in [1.54, 1.807) is 0 Å². The number of nitrogens with one attached hydrogen (secondary N) is 1. The number of amides is 1. The molecule has 10 heteroatoms. The SMILES string of the molecule is CCCCC/C=C\C/C=C\CCCCCCCCCCCCCCCCCC(=O)NC(COP(=O)([O-])OCC[N+](C)(C)C)C(/C=C/CCCCCCCCCCC)OC(=O)CCCCCCCCCCCCCCCCCCCCCCC. The Morgan fingerprint density at radius 3 is 1.11 bits per heavy atom. The molecular formula is C73H141N2O7P. The van der Waals surface area contributed by atoms with Gasteiger partial charge in [0.1, 0.15) is 19.3 Å². The van der Waals surface area contributed by atoms with Gasteiger partial charge >= 0.3 is 5.97 Å². The smallest absolute Gasteiger partial charge is 0.306 e. The molecule has 0 aromatic heterocycles. The number of allylic oxidation sites excluding steroid dienone is 5. The van der Waals surface area contributed by atoms with Crippen molar-refractivity contribution in [3.63, 3.8) is 0 Å². The maximum absolute atomic E-state index is 13.6. The van der Waals surface area contributed by atoms with Crippen molar-refractivity contribution in [3.8, 4) is 0 Å². The van der Waals surface area contributed by atoms with E-state index < -0.39 is 20.0 Å². The Balaban J connectivity index is 4.96. The maximum atomic E-state index is 13.6. The highest BCUT2D eigenvalue weighted by molar-refractivity contribution is 7.45. The minimum atomic E-state index is -4.70. The molecule has 490 valence electrons. The Hall–Kier alpha value is -1.77. The molecule has 0 spiro atoms. The van der Waals surface area contributed by atoms with E-state index in [0.29, 0.717) is 17.4 Å². The molecule has 83 heavy (non-hydrogen) atoms. The van der Waals surface area contributed by atoms with Crippen LogP contribution in [0.2, 0.25) is 0 Å². The highest BCUT2D eigenvalue weighted by Crippen LogP contribution is 2.38. The van der Waals surface area contributed by atoms with Crippen LogP contribution in [0, 0.1) is 0 Å². The van der Waals surface area contributed by atoms with Crippen LogP contribution in [-0.4, -0.2) is 69.4 Å². The van der Waals surface area contributed by atoms with E-state index in [2.05, 4.69) is 50.4 Å². The summed E-state index contributed by atoms with van der Waals surface area (Å²) in [6.45, 7) is 6.88. The van der Waals surface area contributed by atoms with Crippen LogP contribution in [0.3, 0.4) is 0 Å². The fourth-order valence-electron chi connectivity index (χ4n) is 11.0. The molecule has 0 aliphatic rings. The molecule has 9 nitrogen and oxygen atoms in total. The van der Waals surface area contributed by atoms with Gasteiger partial charge in [-0.3, -0.25) is 14.2 Å². The summed E-state index contributed by atoms with van der Waals surface area (Å²) < 4.78 is 30.5. The van der Waals surface area contributed by atoms with Crippen LogP contribution in [-0.2, 0) is 27.9 Å². The number of esters is 1. The van der Waals surface area contributed by atoms with Crippen molar-refractivity contribution in [2.24, 2.45) is 0 Å². The van der Waals surface area contributed by atoms with E-state index in [9.17, 15) is 19.0 Å². The first-order chi connectivity index (χ1) is 40.4. The molecule has 0 aliphatic heterocycles. The number of likely N-dealkylation sites (N-methyl/N-ethyl adjacent to an activating group) is 1. The van der Waals surface area contributed by atoms with E-state index in [4.69, 9.17) is 13.8 Å². The third-order valence-electron chi connectivity index (χ3n) is 16.6. The fraction of sp³-hybridized carbons (Fsp3) is 0.890. The number of phosphoric ester groups is 1. The summed E-state index contributed by atoms with van der Waals surface area (Å²) in [5, 5.41) is 3.05. The summed E-state index contributed by atoms with van der Waals surface area (Å²) in [5.74, 6) is -0.520. The lowest BCUT2D eigenvalue weighted by Gasteiger charge is -2.30. The summed E-state index contributed by atoms with van der Waals surface area (Å²) in [5.41, 5.74) is 0. The van der Waals surface area contributed by atoms with Crippen molar-refractivity contribution in [2.45, 2.75) is 380 Å². The van der Waals surface area contributed by atoms with Crippen LogP contribution in [0.4, 0.5) is 0 Å². The van der Waals surface area contributed by atoms with Crippen molar-refractivity contribution in [3.05, 3.63) is 36.5 Å². The molecule has 0 aromatic rings. The van der Waals surface area contributed by atoms with Gasteiger partial charge in [-0.15, -0.1) is 0 Å². The van der Waals surface area contributed by atoms with Gasteiger partial charge in [0.15, 0.2) is 0 Å². The Morgan fingerprint density at radius 2 is 0.735 bits per heavy atom. The number of hydrogen-bond acceptors (Lipinski definition) is 7. The molecule has 0 aliphatic carbocycles. The lowest BCUT2D eigenvalue weighted by Crippen LogP contribution is -2.47. The van der Waals surface area contributed by atoms with Crippen molar-refractivity contribution in [1.82, 2.24) is 5.32 Å². The van der Waals surface area contributed by atoms with Gasteiger partial charge in [-0.1, -0.05) is 327 Å². The zero-order chi connectivity index (χ0) is 60.7. The zero-order valence-electron chi connectivity index (χ0n) is 56.2. The van der Waals surface area contributed by atoms with E-state index in [1.165, 1.54) is 270 Å². The van der Waals surface area contributed by atoms with Crippen LogP contribution in [0.15, 0.2) is 36.5 Å². The van der Waals surface area contributed by atoms with Crippen LogP contribution >= 0.6 is 7.82 Å². The molecular weight excluding hydrogens is 1050 g/mol. The first kappa shape index (κ1) is 81.2. The molecule has 3 atom stereocenters. The van der Waals surface area contributed by atoms with Gasteiger partial charge in [0, 0.05) is 12.8 Å². The van der Waals surface area contributed by atoms with Gasteiger partial charge in [-0.05, 0) is 63.9 Å². The normalized spacial score (nSPS) is 13.7. The maximum Gasteiger partial charge on any atom is 0.306 e. The third-order valence-corrected chi connectivity index (χ3v) is 17.5. The standard InChI is InChI=1S/C73H141N2O7P/c1-7-10-13-16-19-22-25-27-29-31-33-35-36-37-38-40-41-43-45-47-50-53-56-59-62-65-72(76)74-70(69-81-83(78,79)80-68-67-75(4,5)6)71(64-61-58-55-52-49-24-21-18-15-12-9-3)82-73(77)66-63-60-57-54-51-48-46-44-42-39-34-32-30-28-26-23-20-17-14-11-8-2/h19,22,27,29,61,64,70-71H,7-18,20-21,23-26,28,30-60,62-63,65-69H2,1-6H3,(H-,74,76,78,79)/b22-19-,29-27-,64-61+. The van der Waals surface area contributed by atoms with E-state index >= 15 is 0 Å². The van der Waals surface area contributed by atoms with E-state index in [-0.39, 0.29) is 31.5 Å². The molecule has 1 N–H and O–H groups in total. The molecule has 0 bridgehead atoms. The van der Waals surface area contributed by atoms with Gasteiger partial charge in [0.2, 0.25) is 5.91 Å². The first-order valence-corrected chi connectivity index (χ1v) is 37.8. The molecule has 0 saturated heterocycles. The topological polar surface area (TPSA) is 114 Å². The Morgan fingerprint density at radius 1 is 0.422 bits per heavy atom. The van der Waals surface area contributed by atoms with Crippen LogP contribution in [0.1, 0.15) is 367 Å². The second-order valence-electron chi connectivity index (χ2n) is 26.1. The predicted molar refractivity (Wildman–Crippen MR) is 358 cm³/mol. The number of carbonyl (C=O) groups is 2. The van der Waals surface area contributed by atoms with Crippen LogP contribution < -0.4 is 10.2 Å². The van der Waals surface area contributed by atoms with Crippen molar-refractivity contribution in [2.75, 3.05) is 40.9 Å². The number of nitrogens with zero attached hydrogens (tertiary/aromatic N) is 1. The van der Waals surface area contributed by atoms with Gasteiger partial charge in [-0.25, -0.2) is 0 Å². The number of ether oxygens (including phenoxy) is 1. The predicted octanol–water partition coefficient (Wildman–Crippen LogP) is 22.4. The van der Waals surface area contributed by atoms with E-state index in [1.807, 2.05) is 33.3 Å². The molecule has 1 amide bonds. The van der Waals surface area contributed by atoms with Crippen molar-refractivity contribution >= 4 is 19.7 Å². The Kier molecular flexibility index (Phi) is 61.9. The van der Waals surface area contributed by atoms with Gasteiger partial charge in [0.05, 0.1) is 33.8 Å². The molecule has 0 radical (unpaired) electrons. The summed E-state index contributed by atoms with van der Waals surface area (Å²) in [6.07, 6.45) is 78.5. The number of carbonyl (C=O) groups excluding carboxylic acids is 2. The molecule has 0 heterocycles. The highest BCUT2D eigenvalue weighted by Gasteiger charge is 2.27. The van der Waals surface area contributed by atoms with Crippen LogP contribution in [0.5, 0.6) is 0 Å². The average molecular weight is 1190 g/mol. The molecule has 3 unspecified atom stereocenters. The molecule has 0 fully saturated rings. The number of quaternary nitrogens is 1.